The molecule has 0 saturated carbocycles. The van der Waals surface area contributed by atoms with E-state index in [0.717, 1.165) is 0 Å². The lowest BCUT2D eigenvalue weighted by Crippen LogP contribution is -2.03. The molecular weight excluding hydrogens is 204 g/mol. The van der Waals surface area contributed by atoms with Crippen LogP contribution in [0, 0.1) is 6.92 Å². The molecule has 0 radical (unpaired) electrons. The molecule has 0 fully saturated rings. The van der Waals surface area contributed by atoms with Gasteiger partial charge in [0.25, 0.3) is 0 Å². The average molecular weight is 214 g/mol. The van der Waals surface area contributed by atoms with Gasteiger partial charge in [-0.3, -0.25) is 4.79 Å². The van der Waals surface area contributed by atoms with E-state index < -0.39 is 9.84 Å². The molecule has 0 aliphatic rings. The van der Waals surface area contributed by atoms with Crippen LogP contribution in [0.4, 0.5) is 0 Å². The Labute approximate surface area is 82.4 Å². The van der Waals surface area contributed by atoms with Gasteiger partial charge in [0.2, 0.25) is 15.5 Å². The normalized spacial score (nSPS) is 11.0. The summed E-state index contributed by atoms with van der Waals surface area (Å²) in [6.45, 7) is 1.61. The van der Waals surface area contributed by atoms with Crippen LogP contribution in [0.25, 0.3) is 0 Å². The van der Waals surface area contributed by atoms with Gasteiger partial charge in [-0.2, -0.15) is 0 Å². The third-order valence-corrected chi connectivity index (χ3v) is 3.14. The molecule has 0 amide bonds. The minimum Gasteiger partial charge on any atom is -0.497 e. The number of carbonyl (C=O) groups is 1. The molecule has 4 nitrogen and oxygen atoms in total. The second-order valence-corrected chi connectivity index (χ2v) is 4.49. The van der Waals surface area contributed by atoms with Crippen LogP contribution < -0.4 is 4.74 Å². The number of methoxy groups -OCH3 is 1. The first-order valence-electron chi connectivity index (χ1n) is 3.86. The van der Waals surface area contributed by atoms with Crippen LogP contribution in [0.2, 0.25) is 0 Å². The molecule has 0 aliphatic heterocycles. The lowest BCUT2D eigenvalue weighted by atomic mass is 10.2. The van der Waals surface area contributed by atoms with Crippen LogP contribution in [0.1, 0.15) is 5.56 Å². The third kappa shape index (κ3) is 1.93. The Morgan fingerprint density at radius 1 is 1.36 bits per heavy atom. The lowest BCUT2D eigenvalue weighted by molar-refractivity contribution is 0.414. The van der Waals surface area contributed by atoms with Gasteiger partial charge in [-0.1, -0.05) is 0 Å². The van der Waals surface area contributed by atoms with Crippen molar-refractivity contribution in [2.24, 2.45) is 0 Å². The molecule has 0 aromatic heterocycles. The molecule has 1 rings (SSSR count). The number of carbonyl (C=O) groups excluding carboxylic acids is 1. The van der Waals surface area contributed by atoms with E-state index in [-0.39, 0.29) is 10.5 Å². The number of hydrogen-bond acceptors (Lipinski definition) is 4. The topological polar surface area (TPSA) is 60.4 Å². The van der Waals surface area contributed by atoms with Crippen molar-refractivity contribution in [2.75, 3.05) is 7.11 Å². The van der Waals surface area contributed by atoms with E-state index >= 15 is 0 Å². The zero-order valence-electron chi connectivity index (χ0n) is 7.85. The Bertz CT molecular complexity index is 448. The molecule has 0 saturated heterocycles. The largest absolute Gasteiger partial charge is 0.497 e. The molecule has 0 bridgehead atoms. The van der Waals surface area contributed by atoms with Crippen molar-refractivity contribution < 1.29 is 17.9 Å². The maximum Gasteiger partial charge on any atom is 0.238 e. The van der Waals surface area contributed by atoms with Crippen molar-refractivity contribution in [3.8, 4) is 5.75 Å². The first-order chi connectivity index (χ1) is 6.51. The average Bonchev–Trinajstić information content (AvgIpc) is 2.17. The van der Waals surface area contributed by atoms with Crippen LogP contribution in [0.3, 0.4) is 0 Å². The van der Waals surface area contributed by atoms with Gasteiger partial charge in [0.05, 0.1) is 12.0 Å². The fourth-order valence-corrected chi connectivity index (χ4v) is 1.99. The van der Waals surface area contributed by atoms with Gasteiger partial charge in [-0.15, -0.1) is 0 Å². The highest BCUT2D eigenvalue weighted by Gasteiger charge is 2.15. The van der Waals surface area contributed by atoms with E-state index in [1.807, 2.05) is 0 Å². The summed E-state index contributed by atoms with van der Waals surface area (Å²) in [7, 11) is -2.30. The molecule has 5 heteroatoms. The predicted molar refractivity (Wildman–Crippen MR) is 51.7 cm³/mol. The predicted octanol–water partition coefficient (Wildman–Crippen LogP) is 0.968. The summed E-state index contributed by atoms with van der Waals surface area (Å²) in [6.07, 6.45) is 0. The number of sulfone groups is 1. The standard InChI is InChI=1S/C9H10O4S/c1-7-5-8(13-2)3-4-9(7)14(11,12)6-10/h3-6H,1-2H3. The maximum atomic E-state index is 11.2. The molecule has 0 N–H and O–H groups in total. The van der Waals surface area contributed by atoms with Crippen LogP contribution in [0.5, 0.6) is 5.75 Å². The minimum atomic E-state index is -3.79. The van der Waals surface area contributed by atoms with Crippen molar-refractivity contribution in [1.29, 1.82) is 0 Å². The third-order valence-electron chi connectivity index (χ3n) is 1.82. The summed E-state index contributed by atoms with van der Waals surface area (Å²) in [5.74, 6) is 0.562. The van der Waals surface area contributed by atoms with Crippen LogP contribution >= 0.6 is 0 Å². The van der Waals surface area contributed by atoms with Crippen molar-refractivity contribution in [3.05, 3.63) is 23.8 Å². The number of benzene rings is 1. The maximum absolute atomic E-state index is 11.2. The number of rotatable bonds is 3. The van der Waals surface area contributed by atoms with Gasteiger partial charge in [0, 0.05) is 0 Å². The Kier molecular flexibility index (Phi) is 2.90. The Morgan fingerprint density at radius 3 is 2.43 bits per heavy atom. The monoisotopic (exact) mass is 214 g/mol. The van der Waals surface area contributed by atoms with Gasteiger partial charge >= 0.3 is 0 Å². The highest BCUT2D eigenvalue weighted by atomic mass is 32.2. The second kappa shape index (κ2) is 3.79. The zero-order valence-corrected chi connectivity index (χ0v) is 8.67. The van der Waals surface area contributed by atoms with E-state index in [9.17, 15) is 13.2 Å². The summed E-state index contributed by atoms with van der Waals surface area (Å²) in [4.78, 5) is 10.3. The molecule has 0 aliphatic carbocycles. The number of aryl methyl sites for hydroxylation is 1. The molecule has 1 aromatic rings. The second-order valence-electron chi connectivity index (χ2n) is 2.77. The Balaban J connectivity index is 3.33. The quantitative estimate of drug-likeness (QED) is 0.703. The number of ether oxygens (including phenoxy) is 1. The van der Waals surface area contributed by atoms with Crippen molar-refractivity contribution in [3.63, 3.8) is 0 Å². The minimum absolute atomic E-state index is 0.0216. The SMILES string of the molecule is COc1ccc(S(=O)(=O)C=O)c(C)c1. The summed E-state index contributed by atoms with van der Waals surface area (Å²) in [6, 6.07) is 4.43. The molecule has 0 heterocycles. The number of hydrogen-bond donors (Lipinski definition) is 0. The zero-order chi connectivity index (χ0) is 10.8. The van der Waals surface area contributed by atoms with Gasteiger partial charge < -0.3 is 4.74 Å². The molecule has 14 heavy (non-hydrogen) atoms. The van der Waals surface area contributed by atoms with Crippen molar-refractivity contribution >= 4 is 15.5 Å². The van der Waals surface area contributed by atoms with Gasteiger partial charge in [0.15, 0.2) is 0 Å². The summed E-state index contributed by atoms with van der Waals surface area (Å²) in [5.41, 5.74) is 0.443. The molecule has 0 unspecified atom stereocenters. The summed E-state index contributed by atoms with van der Waals surface area (Å²) >= 11 is 0. The van der Waals surface area contributed by atoms with Gasteiger partial charge in [0.1, 0.15) is 5.75 Å². The summed E-state index contributed by atoms with van der Waals surface area (Å²) in [5, 5.41) is 0. The summed E-state index contributed by atoms with van der Waals surface area (Å²) < 4.78 is 27.3. The van der Waals surface area contributed by atoms with E-state index in [2.05, 4.69) is 0 Å². The Hall–Kier alpha value is -1.36. The van der Waals surface area contributed by atoms with E-state index in [1.54, 1.807) is 13.0 Å². The molecule has 76 valence electrons. The smallest absolute Gasteiger partial charge is 0.238 e. The fourth-order valence-electron chi connectivity index (χ4n) is 1.12. The van der Waals surface area contributed by atoms with Crippen LogP contribution in [-0.4, -0.2) is 21.1 Å². The van der Waals surface area contributed by atoms with Crippen molar-refractivity contribution in [2.45, 2.75) is 11.8 Å². The fraction of sp³-hybridized carbons (Fsp3) is 0.222. The first-order valence-corrected chi connectivity index (χ1v) is 5.41. The first kappa shape index (κ1) is 10.7. The van der Waals surface area contributed by atoms with Crippen LogP contribution in [0.15, 0.2) is 23.1 Å². The van der Waals surface area contributed by atoms with Gasteiger partial charge in [-0.25, -0.2) is 8.42 Å². The van der Waals surface area contributed by atoms with E-state index in [1.165, 1.54) is 19.2 Å². The van der Waals surface area contributed by atoms with Crippen molar-refractivity contribution in [1.82, 2.24) is 0 Å². The molecule has 0 atom stereocenters. The highest BCUT2D eigenvalue weighted by molar-refractivity contribution is 8.04. The van der Waals surface area contributed by atoms with E-state index in [4.69, 9.17) is 4.74 Å². The highest BCUT2D eigenvalue weighted by Crippen LogP contribution is 2.20. The van der Waals surface area contributed by atoms with E-state index in [0.29, 0.717) is 11.3 Å². The Morgan fingerprint density at radius 2 is 2.00 bits per heavy atom. The molecular formula is C9H10O4S. The molecule has 0 spiro atoms. The lowest BCUT2D eigenvalue weighted by Gasteiger charge is -2.04. The van der Waals surface area contributed by atoms with Gasteiger partial charge in [-0.05, 0) is 30.7 Å². The van der Waals surface area contributed by atoms with Crippen LogP contribution in [-0.2, 0) is 14.6 Å². The molecule has 1 aromatic carbocycles.